The zero-order valence-corrected chi connectivity index (χ0v) is 12.8. The molecule has 1 unspecified atom stereocenters. The molecule has 102 valence electrons. The molecular weight excluding hydrogens is 297 g/mol. The van der Waals surface area contributed by atoms with Gasteiger partial charge in [-0.05, 0) is 44.0 Å². The van der Waals surface area contributed by atoms with Crippen molar-refractivity contribution in [2.24, 2.45) is 5.92 Å². The van der Waals surface area contributed by atoms with Crippen LogP contribution in [-0.4, -0.2) is 19.2 Å². The van der Waals surface area contributed by atoms with Gasteiger partial charge in [0.05, 0.1) is 0 Å². The Labute approximate surface area is 117 Å². The van der Waals surface area contributed by atoms with Crippen molar-refractivity contribution in [3.63, 3.8) is 0 Å². The molecular formula is C14H21BrFNO. The molecule has 1 aromatic carbocycles. The quantitative estimate of drug-likeness (QED) is 0.768. The van der Waals surface area contributed by atoms with E-state index in [0.717, 1.165) is 24.0 Å². The number of hydrogen-bond donors (Lipinski definition) is 1. The van der Waals surface area contributed by atoms with E-state index < -0.39 is 0 Å². The van der Waals surface area contributed by atoms with Gasteiger partial charge < -0.3 is 10.1 Å². The molecule has 0 spiro atoms. The second-order valence-electron chi connectivity index (χ2n) is 4.89. The first kappa shape index (κ1) is 15.4. The molecule has 1 rings (SSSR count). The lowest BCUT2D eigenvalue weighted by Crippen LogP contribution is -2.30. The summed E-state index contributed by atoms with van der Waals surface area (Å²) < 4.78 is 19.8. The Morgan fingerprint density at radius 2 is 2.06 bits per heavy atom. The van der Waals surface area contributed by atoms with Crippen LogP contribution in [0.3, 0.4) is 0 Å². The summed E-state index contributed by atoms with van der Waals surface area (Å²) in [5, 5.41) is 3.31. The first-order valence-electron chi connectivity index (χ1n) is 6.31. The number of nitrogens with one attached hydrogen (secondary N) is 1. The highest BCUT2D eigenvalue weighted by Gasteiger charge is 2.08. The number of benzene rings is 1. The van der Waals surface area contributed by atoms with E-state index in [1.54, 1.807) is 12.1 Å². The van der Waals surface area contributed by atoms with Crippen molar-refractivity contribution in [1.82, 2.24) is 5.32 Å². The van der Waals surface area contributed by atoms with E-state index in [9.17, 15) is 4.39 Å². The summed E-state index contributed by atoms with van der Waals surface area (Å²) in [6.45, 7) is 8.01. The van der Waals surface area contributed by atoms with E-state index in [-0.39, 0.29) is 11.9 Å². The highest BCUT2D eigenvalue weighted by atomic mass is 79.9. The molecule has 0 fully saturated rings. The highest BCUT2D eigenvalue weighted by Crippen LogP contribution is 2.22. The number of halogens is 2. The first-order valence-corrected chi connectivity index (χ1v) is 7.10. The monoisotopic (exact) mass is 317 g/mol. The predicted molar refractivity (Wildman–Crippen MR) is 76.5 cm³/mol. The molecule has 0 aliphatic carbocycles. The SMILES string of the molecule is CC(C)CCNCC(C)Oc1ccc(Br)cc1F. The van der Waals surface area contributed by atoms with E-state index in [4.69, 9.17) is 4.74 Å². The van der Waals surface area contributed by atoms with Gasteiger partial charge in [-0.15, -0.1) is 0 Å². The molecule has 2 nitrogen and oxygen atoms in total. The second kappa shape index (κ2) is 7.74. The van der Waals surface area contributed by atoms with E-state index in [1.807, 2.05) is 6.92 Å². The molecule has 4 heteroatoms. The number of ether oxygens (including phenoxy) is 1. The molecule has 18 heavy (non-hydrogen) atoms. The van der Waals surface area contributed by atoms with Gasteiger partial charge in [-0.3, -0.25) is 0 Å². The average molecular weight is 318 g/mol. The third kappa shape index (κ3) is 5.83. The van der Waals surface area contributed by atoms with Gasteiger partial charge in [0.25, 0.3) is 0 Å². The summed E-state index contributed by atoms with van der Waals surface area (Å²) >= 11 is 3.22. The molecule has 1 N–H and O–H groups in total. The Morgan fingerprint density at radius 3 is 2.67 bits per heavy atom. The van der Waals surface area contributed by atoms with Crippen molar-refractivity contribution in [1.29, 1.82) is 0 Å². The van der Waals surface area contributed by atoms with Crippen LogP contribution in [0.4, 0.5) is 4.39 Å². The molecule has 0 saturated carbocycles. The van der Waals surface area contributed by atoms with Crippen molar-refractivity contribution in [3.8, 4) is 5.75 Å². The molecule has 0 amide bonds. The third-order valence-electron chi connectivity index (χ3n) is 2.55. The van der Waals surface area contributed by atoms with Crippen LogP contribution in [-0.2, 0) is 0 Å². The van der Waals surface area contributed by atoms with Gasteiger partial charge >= 0.3 is 0 Å². The van der Waals surface area contributed by atoms with Crippen LogP contribution in [0.15, 0.2) is 22.7 Å². The van der Waals surface area contributed by atoms with Crippen LogP contribution in [0, 0.1) is 11.7 Å². The molecule has 1 aromatic rings. The molecule has 0 aromatic heterocycles. The van der Waals surface area contributed by atoms with Gasteiger partial charge in [-0.1, -0.05) is 29.8 Å². The van der Waals surface area contributed by atoms with Crippen molar-refractivity contribution in [2.45, 2.75) is 33.3 Å². The Morgan fingerprint density at radius 1 is 1.33 bits per heavy atom. The third-order valence-corrected chi connectivity index (χ3v) is 3.05. The fourth-order valence-corrected chi connectivity index (χ4v) is 1.86. The molecule has 1 atom stereocenters. The second-order valence-corrected chi connectivity index (χ2v) is 5.81. The molecule has 0 saturated heterocycles. The number of hydrogen-bond acceptors (Lipinski definition) is 2. The fraction of sp³-hybridized carbons (Fsp3) is 0.571. The van der Waals surface area contributed by atoms with Crippen molar-refractivity contribution in [3.05, 3.63) is 28.5 Å². The Kier molecular flexibility index (Phi) is 6.65. The summed E-state index contributed by atoms with van der Waals surface area (Å²) in [4.78, 5) is 0. The van der Waals surface area contributed by atoms with Crippen LogP contribution in [0.2, 0.25) is 0 Å². The van der Waals surface area contributed by atoms with Crippen molar-refractivity contribution in [2.75, 3.05) is 13.1 Å². The molecule has 0 radical (unpaired) electrons. The zero-order chi connectivity index (χ0) is 13.5. The maximum atomic E-state index is 13.5. The Bertz CT molecular complexity index is 371. The van der Waals surface area contributed by atoms with E-state index in [1.165, 1.54) is 6.07 Å². The van der Waals surface area contributed by atoms with E-state index in [0.29, 0.717) is 11.7 Å². The lowest BCUT2D eigenvalue weighted by molar-refractivity contribution is 0.207. The van der Waals surface area contributed by atoms with Crippen LogP contribution in [0.5, 0.6) is 5.75 Å². The topological polar surface area (TPSA) is 21.3 Å². The average Bonchev–Trinajstić information content (AvgIpc) is 2.28. The maximum Gasteiger partial charge on any atom is 0.166 e. The molecule has 0 bridgehead atoms. The lowest BCUT2D eigenvalue weighted by atomic mass is 10.1. The van der Waals surface area contributed by atoms with E-state index >= 15 is 0 Å². The minimum absolute atomic E-state index is 0.0483. The van der Waals surface area contributed by atoms with Gasteiger partial charge in [-0.2, -0.15) is 0 Å². The summed E-state index contributed by atoms with van der Waals surface area (Å²) in [6, 6.07) is 4.83. The molecule has 0 aliphatic heterocycles. The lowest BCUT2D eigenvalue weighted by Gasteiger charge is -2.16. The standard InChI is InChI=1S/C14H21BrFNO/c1-10(2)6-7-17-9-11(3)18-14-5-4-12(15)8-13(14)16/h4-5,8,10-11,17H,6-7,9H2,1-3H3. The van der Waals surface area contributed by atoms with Gasteiger partial charge in [0, 0.05) is 11.0 Å². The first-order chi connectivity index (χ1) is 8.49. The zero-order valence-electron chi connectivity index (χ0n) is 11.2. The predicted octanol–water partition coefficient (Wildman–Crippen LogP) is 3.99. The van der Waals surface area contributed by atoms with Gasteiger partial charge in [0.15, 0.2) is 11.6 Å². The van der Waals surface area contributed by atoms with Crippen molar-refractivity contribution >= 4 is 15.9 Å². The molecule has 0 aliphatic rings. The van der Waals surface area contributed by atoms with Gasteiger partial charge in [-0.25, -0.2) is 4.39 Å². The smallest absolute Gasteiger partial charge is 0.166 e. The summed E-state index contributed by atoms with van der Waals surface area (Å²) in [5.41, 5.74) is 0. The Balaban J connectivity index is 2.33. The molecule has 0 heterocycles. The summed E-state index contributed by atoms with van der Waals surface area (Å²) in [7, 11) is 0. The largest absolute Gasteiger partial charge is 0.486 e. The maximum absolute atomic E-state index is 13.5. The highest BCUT2D eigenvalue weighted by molar-refractivity contribution is 9.10. The van der Waals surface area contributed by atoms with Gasteiger partial charge in [0.2, 0.25) is 0 Å². The van der Waals surface area contributed by atoms with E-state index in [2.05, 4.69) is 35.1 Å². The van der Waals surface area contributed by atoms with Crippen LogP contribution in [0.25, 0.3) is 0 Å². The summed E-state index contributed by atoms with van der Waals surface area (Å²) in [5.74, 6) is 0.660. The normalized spacial score (nSPS) is 12.8. The van der Waals surface area contributed by atoms with Crippen LogP contribution < -0.4 is 10.1 Å². The van der Waals surface area contributed by atoms with Crippen LogP contribution >= 0.6 is 15.9 Å². The number of rotatable bonds is 7. The summed E-state index contributed by atoms with van der Waals surface area (Å²) in [6.07, 6.45) is 1.09. The fourth-order valence-electron chi connectivity index (χ4n) is 1.53. The Hall–Kier alpha value is -0.610. The van der Waals surface area contributed by atoms with Gasteiger partial charge in [0.1, 0.15) is 6.10 Å². The minimum Gasteiger partial charge on any atom is -0.486 e. The van der Waals surface area contributed by atoms with Crippen molar-refractivity contribution < 1.29 is 9.13 Å². The van der Waals surface area contributed by atoms with Crippen LogP contribution in [0.1, 0.15) is 27.2 Å². The minimum atomic E-state index is -0.335.